The number of amides is 1. The summed E-state index contributed by atoms with van der Waals surface area (Å²) in [6.45, 7) is 5.22. The summed E-state index contributed by atoms with van der Waals surface area (Å²) in [5.74, 6) is -2.33. The van der Waals surface area contributed by atoms with Crippen molar-refractivity contribution in [2.75, 3.05) is 11.9 Å². The van der Waals surface area contributed by atoms with E-state index >= 15 is 0 Å². The Kier molecular flexibility index (Phi) is 8.68. The summed E-state index contributed by atoms with van der Waals surface area (Å²) in [6.07, 6.45) is -1.21. The lowest BCUT2D eigenvalue weighted by Crippen LogP contribution is -2.30. The van der Waals surface area contributed by atoms with Gasteiger partial charge in [-0.15, -0.1) is 11.3 Å². The summed E-state index contributed by atoms with van der Waals surface area (Å²) < 4.78 is 10.6. The van der Waals surface area contributed by atoms with Crippen molar-refractivity contribution in [3.63, 3.8) is 0 Å². The predicted molar refractivity (Wildman–Crippen MR) is 150 cm³/mol. The number of rotatable bonds is 9. The van der Waals surface area contributed by atoms with Crippen LogP contribution in [0, 0.1) is 6.92 Å². The molecule has 1 atom stereocenters. The quantitative estimate of drug-likeness (QED) is 0.197. The Morgan fingerprint density at radius 2 is 1.46 bits per heavy atom. The highest BCUT2D eigenvalue weighted by atomic mass is 32.1. The predicted octanol–water partition coefficient (Wildman–Crippen LogP) is 6.32. The van der Waals surface area contributed by atoms with Gasteiger partial charge >= 0.3 is 11.9 Å². The fourth-order valence-electron chi connectivity index (χ4n) is 3.80. The van der Waals surface area contributed by atoms with Gasteiger partial charge < -0.3 is 14.8 Å². The first-order chi connectivity index (χ1) is 18.8. The second-order valence-electron chi connectivity index (χ2n) is 8.72. The maximum Gasteiger partial charge on any atom is 0.341 e. The number of nitrogens with one attached hydrogen (secondary N) is 1. The van der Waals surface area contributed by atoms with Gasteiger partial charge in [-0.1, -0.05) is 78.4 Å². The number of carbonyl (C=O) groups excluding carboxylic acids is 4. The van der Waals surface area contributed by atoms with Gasteiger partial charge in [0.05, 0.1) is 17.7 Å². The molecule has 0 aliphatic carbocycles. The smallest absolute Gasteiger partial charge is 0.341 e. The van der Waals surface area contributed by atoms with Crippen molar-refractivity contribution in [2.45, 2.75) is 26.9 Å². The van der Waals surface area contributed by atoms with Crippen LogP contribution in [0.4, 0.5) is 5.00 Å². The average Bonchev–Trinajstić information content (AvgIpc) is 3.37. The van der Waals surface area contributed by atoms with Crippen LogP contribution in [-0.2, 0) is 14.3 Å². The van der Waals surface area contributed by atoms with Gasteiger partial charge in [-0.3, -0.25) is 9.59 Å². The van der Waals surface area contributed by atoms with E-state index in [0.29, 0.717) is 5.56 Å². The largest absolute Gasteiger partial charge is 0.462 e. The molecule has 1 unspecified atom stereocenters. The zero-order valence-electron chi connectivity index (χ0n) is 21.7. The first kappa shape index (κ1) is 27.5. The molecule has 198 valence electrons. The van der Waals surface area contributed by atoms with E-state index in [9.17, 15) is 19.2 Å². The van der Waals surface area contributed by atoms with Crippen molar-refractivity contribution in [3.05, 3.63) is 113 Å². The minimum absolute atomic E-state index is 0.0532. The first-order valence-electron chi connectivity index (χ1n) is 12.4. The van der Waals surface area contributed by atoms with Crippen molar-refractivity contribution < 1.29 is 28.7 Å². The highest BCUT2D eigenvalue weighted by Gasteiger charge is 2.26. The summed E-state index contributed by atoms with van der Waals surface area (Å²) in [5.41, 5.74) is 2.76. The minimum atomic E-state index is -1.21. The first-order valence-corrected chi connectivity index (χ1v) is 13.2. The molecule has 0 saturated heterocycles. The molecule has 0 aliphatic heterocycles. The molecule has 7 nitrogen and oxygen atoms in total. The van der Waals surface area contributed by atoms with Crippen molar-refractivity contribution in [3.8, 4) is 10.4 Å². The minimum Gasteiger partial charge on any atom is -0.462 e. The van der Waals surface area contributed by atoms with Gasteiger partial charge in [-0.2, -0.15) is 0 Å². The lowest BCUT2D eigenvalue weighted by molar-refractivity contribution is -0.123. The molecule has 0 radical (unpaired) electrons. The Hall–Kier alpha value is -4.56. The zero-order chi connectivity index (χ0) is 27.9. The van der Waals surface area contributed by atoms with Gasteiger partial charge in [0, 0.05) is 16.0 Å². The molecule has 8 heteroatoms. The third kappa shape index (κ3) is 6.48. The number of esters is 2. The van der Waals surface area contributed by atoms with E-state index in [0.717, 1.165) is 16.0 Å². The molecule has 0 fully saturated rings. The fourth-order valence-corrected chi connectivity index (χ4v) is 4.85. The fraction of sp³-hybridized carbons (Fsp3) is 0.161. The number of benzene rings is 3. The molecule has 0 aliphatic rings. The topological polar surface area (TPSA) is 98.8 Å². The molecule has 1 aromatic heterocycles. The Bertz CT molecular complexity index is 1510. The van der Waals surface area contributed by atoms with Crippen LogP contribution < -0.4 is 5.32 Å². The number of hydrogen-bond acceptors (Lipinski definition) is 7. The van der Waals surface area contributed by atoms with Crippen LogP contribution in [0.15, 0.2) is 84.9 Å². The SMILES string of the molecule is CCOC(=O)c1cc(-c2ccccc2)sc1NC(=O)C(C)OC(=O)c1ccccc1C(=O)c1ccc(C)cc1. The molecule has 4 rings (SSSR count). The standard InChI is InChI=1S/C31H27NO6S/c1-4-37-30(35)25-18-26(21-10-6-5-7-11-21)39-29(25)32-28(34)20(3)38-31(36)24-13-9-8-12-23(24)27(33)22-16-14-19(2)15-17-22/h5-18,20H,4H2,1-3H3,(H,32,34). The van der Waals surface area contributed by atoms with Gasteiger partial charge in [0.15, 0.2) is 11.9 Å². The molecule has 0 spiro atoms. The summed E-state index contributed by atoms with van der Waals surface area (Å²) >= 11 is 1.21. The maximum absolute atomic E-state index is 13.1. The highest BCUT2D eigenvalue weighted by Crippen LogP contribution is 2.36. The van der Waals surface area contributed by atoms with E-state index in [1.165, 1.54) is 24.3 Å². The molecule has 1 N–H and O–H groups in total. The number of ether oxygens (including phenoxy) is 2. The van der Waals surface area contributed by atoms with Crippen LogP contribution in [0.2, 0.25) is 0 Å². The van der Waals surface area contributed by atoms with Crippen molar-refractivity contribution in [1.29, 1.82) is 0 Å². The summed E-state index contributed by atoms with van der Waals surface area (Å²) in [5, 5.41) is 2.99. The zero-order valence-corrected chi connectivity index (χ0v) is 22.5. The molecule has 39 heavy (non-hydrogen) atoms. The van der Waals surface area contributed by atoms with Gasteiger partial charge in [0.1, 0.15) is 5.00 Å². The molecule has 1 heterocycles. The van der Waals surface area contributed by atoms with Gasteiger partial charge in [0.2, 0.25) is 0 Å². The molecule has 0 bridgehead atoms. The van der Waals surface area contributed by atoms with E-state index in [2.05, 4.69) is 5.32 Å². The second-order valence-corrected chi connectivity index (χ2v) is 9.77. The third-order valence-corrected chi connectivity index (χ3v) is 6.98. The van der Waals surface area contributed by atoms with Crippen LogP contribution in [0.5, 0.6) is 0 Å². The molecular weight excluding hydrogens is 514 g/mol. The Balaban J connectivity index is 1.52. The van der Waals surface area contributed by atoms with E-state index in [1.54, 1.807) is 43.3 Å². The lowest BCUT2D eigenvalue weighted by Gasteiger charge is -2.15. The summed E-state index contributed by atoms with van der Waals surface area (Å²) in [4.78, 5) is 52.5. The Morgan fingerprint density at radius 3 is 2.13 bits per heavy atom. The molecule has 4 aromatic rings. The van der Waals surface area contributed by atoms with Crippen molar-refractivity contribution in [2.24, 2.45) is 0 Å². The average molecular weight is 542 g/mol. The van der Waals surface area contributed by atoms with E-state index in [4.69, 9.17) is 9.47 Å². The monoisotopic (exact) mass is 541 g/mol. The number of hydrogen-bond donors (Lipinski definition) is 1. The highest BCUT2D eigenvalue weighted by molar-refractivity contribution is 7.20. The van der Waals surface area contributed by atoms with E-state index in [1.807, 2.05) is 49.4 Å². The molecule has 1 amide bonds. The number of carbonyl (C=O) groups is 4. The molecular formula is C31H27NO6S. The number of anilines is 1. The van der Waals surface area contributed by atoms with Crippen LogP contribution >= 0.6 is 11.3 Å². The number of aryl methyl sites for hydroxylation is 1. The summed E-state index contributed by atoms with van der Waals surface area (Å²) in [6, 6.07) is 24.4. The van der Waals surface area contributed by atoms with Crippen LogP contribution in [0.1, 0.15) is 56.0 Å². The van der Waals surface area contributed by atoms with Gasteiger partial charge in [-0.05, 0) is 38.5 Å². The Labute approximate surface area is 230 Å². The lowest BCUT2D eigenvalue weighted by atomic mass is 9.98. The van der Waals surface area contributed by atoms with Crippen LogP contribution in [-0.4, -0.2) is 36.3 Å². The van der Waals surface area contributed by atoms with E-state index < -0.39 is 23.9 Å². The second kappa shape index (κ2) is 12.3. The molecule has 0 saturated carbocycles. The maximum atomic E-state index is 13.1. The van der Waals surface area contributed by atoms with E-state index in [-0.39, 0.29) is 34.1 Å². The van der Waals surface area contributed by atoms with Crippen LogP contribution in [0.3, 0.4) is 0 Å². The van der Waals surface area contributed by atoms with Crippen LogP contribution in [0.25, 0.3) is 10.4 Å². The normalized spacial score (nSPS) is 11.4. The van der Waals surface area contributed by atoms with Gasteiger partial charge in [0.25, 0.3) is 5.91 Å². The number of thiophene rings is 1. The summed E-state index contributed by atoms with van der Waals surface area (Å²) in [7, 11) is 0. The molecule has 3 aromatic carbocycles. The van der Waals surface area contributed by atoms with Crippen molar-refractivity contribution >= 4 is 40.0 Å². The van der Waals surface area contributed by atoms with Gasteiger partial charge in [-0.25, -0.2) is 9.59 Å². The number of ketones is 1. The van der Waals surface area contributed by atoms with Crippen molar-refractivity contribution in [1.82, 2.24) is 0 Å². The third-order valence-electron chi connectivity index (χ3n) is 5.88. The Morgan fingerprint density at radius 1 is 0.821 bits per heavy atom.